The van der Waals surface area contributed by atoms with Crippen LogP contribution < -0.4 is 0 Å². The Morgan fingerprint density at radius 2 is 2.00 bits per heavy atom. The molecule has 1 N–H and O–H groups in total. The molecule has 2 atom stereocenters. The van der Waals surface area contributed by atoms with E-state index in [9.17, 15) is 9.59 Å². The lowest BCUT2D eigenvalue weighted by Crippen LogP contribution is -2.47. The fourth-order valence-corrected chi connectivity index (χ4v) is 3.26. The van der Waals surface area contributed by atoms with E-state index in [4.69, 9.17) is 28.3 Å². The standard InChI is InChI=1S/C17H21Cl2NO3/c1-11-5-7-13(17(22)23)10-20(11)16(21)4-2-3-12-6-8-14(18)15(19)9-12/h6,8-9,11,13H,2-5,7,10H2,1H3,(H,22,23). The van der Waals surface area contributed by atoms with Gasteiger partial charge < -0.3 is 10.0 Å². The van der Waals surface area contributed by atoms with Crippen molar-refractivity contribution in [2.24, 2.45) is 5.92 Å². The maximum atomic E-state index is 12.4. The van der Waals surface area contributed by atoms with E-state index in [0.717, 1.165) is 18.4 Å². The zero-order chi connectivity index (χ0) is 17.0. The summed E-state index contributed by atoms with van der Waals surface area (Å²) in [6.07, 6.45) is 3.25. The van der Waals surface area contributed by atoms with Gasteiger partial charge >= 0.3 is 5.97 Å². The van der Waals surface area contributed by atoms with Gasteiger partial charge in [-0.05, 0) is 50.3 Å². The number of halogens is 2. The fraction of sp³-hybridized carbons (Fsp3) is 0.529. The Labute approximate surface area is 146 Å². The highest BCUT2D eigenvalue weighted by atomic mass is 35.5. The summed E-state index contributed by atoms with van der Waals surface area (Å²) < 4.78 is 0. The minimum atomic E-state index is -0.814. The lowest BCUT2D eigenvalue weighted by Gasteiger charge is -2.36. The molecule has 1 amide bonds. The average Bonchev–Trinajstić information content (AvgIpc) is 2.51. The Bertz CT molecular complexity index is 591. The van der Waals surface area contributed by atoms with Crippen molar-refractivity contribution in [1.29, 1.82) is 0 Å². The number of carbonyl (C=O) groups is 2. The third-order valence-electron chi connectivity index (χ3n) is 4.39. The van der Waals surface area contributed by atoms with E-state index in [2.05, 4.69) is 0 Å². The number of benzene rings is 1. The van der Waals surface area contributed by atoms with Crippen molar-refractivity contribution < 1.29 is 14.7 Å². The topological polar surface area (TPSA) is 57.6 Å². The van der Waals surface area contributed by atoms with E-state index in [1.54, 1.807) is 11.0 Å². The summed E-state index contributed by atoms with van der Waals surface area (Å²) in [5.74, 6) is -1.22. The molecule has 1 saturated heterocycles. The van der Waals surface area contributed by atoms with Crippen molar-refractivity contribution in [3.8, 4) is 0 Å². The molecular weight excluding hydrogens is 337 g/mol. The first-order valence-electron chi connectivity index (χ1n) is 7.84. The monoisotopic (exact) mass is 357 g/mol. The molecule has 0 radical (unpaired) electrons. The van der Waals surface area contributed by atoms with Crippen molar-refractivity contribution in [3.05, 3.63) is 33.8 Å². The molecular formula is C17H21Cl2NO3. The van der Waals surface area contributed by atoms with E-state index in [1.807, 2.05) is 19.1 Å². The van der Waals surface area contributed by atoms with Gasteiger partial charge in [0.2, 0.25) is 5.91 Å². The van der Waals surface area contributed by atoms with Gasteiger partial charge in [-0.25, -0.2) is 0 Å². The lowest BCUT2D eigenvalue weighted by molar-refractivity contribution is -0.147. The van der Waals surface area contributed by atoms with Gasteiger partial charge in [-0.15, -0.1) is 0 Å². The molecule has 0 bridgehead atoms. The Hall–Kier alpha value is -1.26. The second-order valence-electron chi connectivity index (χ2n) is 6.11. The predicted octanol–water partition coefficient (Wildman–Crippen LogP) is 4.03. The first kappa shape index (κ1) is 18.1. The lowest BCUT2D eigenvalue weighted by atomic mass is 9.93. The van der Waals surface area contributed by atoms with Crippen molar-refractivity contribution in [2.45, 2.75) is 45.1 Å². The number of aryl methyl sites for hydroxylation is 1. The van der Waals surface area contributed by atoms with Gasteiger partial charge in [0, 0.05) is 19.0 Å². The number of aliphatic carboxylic acids is 1. The van der Waals surface area contributed by atoms with Crippen LogP contribution in [0.1, 0.15) is 38.2 Å². The summed E-state index contributed by atoms with van der Waals surface area (Å²) in [6.45, 7) is 2.30. The minimum absolute atomic E-state index is 0.0310. The van der Waals surface area contributed by atoms with Gasteiger partial charge in [0.05, 0.1) is 16.0 Å². The zero-order valence-electron chi connectivity index (χ0n) is 13.1. The third kappa shape index (κ3) is 4.85. The van der Waals surface area contributed by atoms with Crippen LogP contribution in [0.3, 0.4) is 0 Å². The van der Waals surface area contributed by atoms with E-state index in [1.165, 1.54) is 0 Å². The predicted molar refractivity (Wildman–Crippen MR) is 90.9 cm³/mol. The van der Waals surface area contributed by atoms with Gasteiger partial charge in [0.1, 0.15) is 0 Å². The molecule has 0 saturated carbocycles. The number of hydrogen-bond donors (Lipinski definition) is 1. The highest BCUT2D eigenvalue weighted by molar-refractivity contribution is 6.42. The summed E-state index contributed by atoms with van der Waals surface area (Å²) in [6, 6.07) is 5.59. The van der Waals surface area contributed by atoms with Crippen LogP contribution in [0.15, 0.2) is 18.2 Å². The molecule has 1 aromatic rings. The normalized spacial score (nSPS) is 21.3. The number of likely N-dealkylation sites (tertiary alicyclic amines) is 1. The second-order valence-corrected chi connectivity index (χ2v) is 6.92. The fourth-order valence-electron chi connectivity index (χ4n) is 2.94. The molecule has 1 aliphatic heterocycles. The molecule has 2 rings (SSSR count). The van der Waals surface area contributed by atoms with Gasteiger partial charge in [-0.3, -0.25) is 9.59 Å². The van der Waals surface area contributed by atoms with Gasteiger partial charge in [-0.1, -0.05) is 29.3 Å². The number of carbonyl (C=O) groups excluding carboxylic acids is 1. The zero-order valence-corrected chi connectivity index (χ0v) is 14.6. The summed E-state index contributed by atoms with van der Waals surface area (Å²) in [7, 11) is 0. The van der Waals surface area contributed by atoms with Crippen LogP contribution in [0.25, 0.3) is 0 Å². The number of rotatable bonds is 5. The molecule has 4 nitrogen and oxygen atoms in total. The molecule has 126 valence electrons. The number of hydrogen-bond acceptors (Lipinski definition) is 2. The maximum absolute atomic E-state index is 12.4. The number of piperidine rings is 1. The number of carboxylic acid groups (broad SMARTS) is 1. The summed E-state index contributed by atoms with van der Waals surface area (Å²) in [5, 5.41) is 10.2. The van der Waals surface area contributed by atoms with Crippen molar-refractivity contribution in [1.82, 2.24) is 4.90 Å². The summed E-state index contributed by atoms with van der Waals surface area (Å²) in [5.41, 5.74) is 1.04. The second kappa shape index (κ2) is 8.02. The molecule has 1 aromatic carbocycles. The van der Waals surface area contributed by atoms with E-state index >= 15 is 0 Å². The molecule has 1 fully saturated rings. The van der Waals surface area contributed by atoms with Crippen LogP contribution in [-0.2, 0) is 16.0 Å². The molecule has 0 aliphatic carbocycles. The van der Waals surface area contributed by atoms with Crippen LogP contribution in [-0.4, -0.2) is 34.5 Å². The molecule has 1 aliphatic rings. The minimum Gasteiger partial charge on any atom is -0.481 e. The van der Waals surface area contributed by atoms with Crippen LogP contribution in [0.5, 0.6) is 0 Å². The SMILES string of the molecule is CC1CCC(C(=O)O)CN1C(=O)CCCc1ccc(Cl)c(Cl)c1. The molecule has 23 heavy (non-hydrogen) atoms. The molecule has 0 spiro atoms. The first-order valence-corrected chi connectivity index (χ1v) is 8.60. The smallest absolute Gasteiger partial charge is 0.308 e. The summed E-state index contributed by atoms with van der Waals surface area (Å²) >= 11 is 11.9. The largest absolute Gasteiger partial charge is 0.481 e. The quantitative estimate of drug-likeness (QED) is 0.865. The Morgan fingerprint density at radius 3 is 2.65 bits per heavy atom. The molecule has 0 aromatic heterocycles. The van der Waals surface area contributed by atoms with E-state index in [0.29, 0.717) is 35.9 Å². The maximum Gasteiger partial charge on any atom is 0.308 e. The third-order valence-corrected chi connectivity index (χ3v) is 5.13. The van der Waals surface area contributed by atoms with Crippen LogP contribution in [0.4, 0.5) is 0 Å². The number of amides is 1. The van der Waals surface area contributed by atoms with Gasteiger partial charge in [-0.2, -0.15) is 0 Å². The Balaban J connectivity index is 1.85. The van der Waals surface area contributed by atoms with Crippen molar-refractivity contribution in [2.75, 3.05) is 6.54 Å². The first-order chi connectivity index (χ1) is 10.9. The van der Waals surface area contributed by atoms with Crippen LogP contribution in [0.2, 0.25) is 10.0 Å². The number of nitrogens with zero attached hydrogens (tertiary/aromatic N) is 1. The van der Waals surface area contributed by atoms with Crippen LogP contribution >= 0.6 is 23.2 Å². The molecule has 1 heterocycles. The molecule has 2 unspecified atom stereocenters. The molecule has 6 heteroatoms. The Morgan fingerprint density at radius 1 is 1.26 bits per heavy atom. The van der Waals surface area contributed by atoms with Crippen molar-refractivity contribution >= 4 is 35.1 Å². The highest BCUT2D eigenvalue weighted by Gasteiger charge is 2.32. The van der Waals surface area contributed by atoms with Gasteiger partial charge in [0.25, 0.3) is 0 Å². The highest BCUT2D eigenvalue weighted by Crippen LogP contribution is 2.25. The van der Waals surface area contributed by atoms with Crippen LogP contribution in [0, 0.1) is 5.92 Å². The van der Waals surface area contributed by atoms with E-state index < -0.39 is 11.9 Å². The van der Waals surface area contributed by atoms with Gasteiger partial charge in [0.15, 0.2) is 0 Å². The summed E-state index contributed by atoms with van der Waals surface area (Å²) in [4.78, 5) is 25.2. The van der Waals surface area contributed by atoms with E-state index in [-0.39, 0.29) is 11.9 Å². The Kier molecular flexibility index (Phi) is 6.31. The van der Waals surface area contributed by atoms with Crippen molar-refractivity contribution in [3.63, 3.8) is 0 Å². The number of carboxylic acids is 1. The average molecular weight is 358 g/mol.